The molecular weight excluding hydrogens is 608 g/mol. The first-order valence-electron chi connectivity index (χ1n) is 16.5. The number of ketones is 4. The molecule has 1 N–H and O–H groups in total. The van der Waals surface area contributed by atoms with E-state index >= 15 is 0 Å². The van der Waals surface area contributed by atoms with Crippen molar-refractivity contribution >= 4 is 40.7 Å². The van der Waals surface area contributed by atoms with E-state index in [0.717, 1.165) is 38.6 Å². The van der Waals surface area contributed by atoms with Gasteiger partial charge in [0.1, 0.15) is 0 Å². The number of esters is 1. The predicted octanol–water partition coefficient (Wildman–Crippen LogP) is 6.88. The molecule has 3 aromatic rings. The van der Waals surface area contributed by atoms with Crippen LogP contribution in [0.2, 0.25) is 0 Å². The van der Waals surface area contributed by atoms with Gasteiger partial charge in [-0.25, -0.2) is 4.79 Å². The summed E-state index contributed by atoms with van der Waals surface area (Å²) in [6.07, 6.45) is 5.06. The van der Waals surface area contributed by atoms with Gasteiger partial charge >= 0.3 is 5.97 Å². The molecule has 48 heavy (non-hydrogen) atoms. The van der Waals surface area contributed by atoms with Crippen LogP contribution < -0.4 is 5.32 Å². The van der Waals surface area contributed by atoms with Crippen LogP contribution in [0.3, 0.4) is 0 Å². The molecule has 0 saturated heterocycles. The summed E-state index contributed by atoms with van der Waals surface area (Å²) in [6.45, 7) is 10.7. The first-order chi connectivity index (χ1) is 23.2. The van der Waals surface area contributed by atoms with Gasteiger partial charge in [-0.2, -0.15) is 0 Å². The number of rotatable bonds is 18. The monoisotopic (exact) mass is 650 g/mol. The van der Waals surface area contributed by atoms with Gasteiger partial charge in [0.2, 0.25) is 0 Å². The summed E-state index contributed by atoms with van der Waals surface area (Å²) in [5, 5.41) is 2.79. The molecule has 0 spiro atoms. The lowest BCUT2D eigenvalue weighted by molar-refractivity contribution is -0.137. The molecule has 0 radical (unpaired) electrons. The summed E-state index contributed by atoms with van der Waals surface area (Å²) in [4.78, 5) is 79.8. The maximum absolute atomic E-state index is 13.4. The fourth-order valence-corrected chi connectivity index (χ4v) is 5.71. The van der Waals surface area contributed by atoms with Crippen LogP contribution in [0.4, 0.5) is 5.69 Å². The zero-order chi connectivity index (χ0) is 34.6. The molecule has 1 amide bonds. The third kappa shape index (κ3) is 9.07. The summed E-state index contributed by atoms with van der Waals surface area (Å²) in [6, 6.07) is 15.6. The number of nitrogens with zero attached hydrogens (tertiary/aromatic N) is 1. The van der Waals surface area contributed by atoms with Crippen molar-refractivity contribution in [1.82, 2.24) is 4.90 Å². The summed E-state index contributed by atoms with van der Waals surface area (Å²) in [7, 11) is 0. The van der Waals surface area contributed by atoms with Crippen molar-refractivity contribution in [3.8, 4) is 0 Å². The Labute approximate surface area is 281 Å². The molecule has 1 aliphatic rings. The highest BCUT2D eigenvalue weighted by Crippen LogP contribution is 2.28. The highest BCUT2D eigenvalue weighted by molar-refractivity contribution is 6.29. The summed E-state index contributed by atoms with van der Waals surface area (Å²) in [5.74, 6) is -2.05. The van der Waals surface area contributed by atoms with Crippen molar-refractivity contribution < 1.29 is 33.5 Å². The van der Waals surface area contributed by atoms with Crippen LogP contribution in [-0.4, -0.2) is 66.2 Å². The van der Waals surface area contributed by atoms with Crippen LogP contribution in [0.5, 0.6) is 0 Å². The molecule has 0 atom stereocenters. The summed E-state index contributed by atoms with van der Waals surface area (Å²) in [5.41, 5.74) is 2.01. The first kappa shape index (κ1) is 35.8. The minimum atomic E-state index is -0.555. The average Bonchev–Trinajstić information content (AvgIpc) is 3.11. The van der Waals surface area contributed by atoms with Crippen molar-refractivity contribution in [1.29, 1.82) is 0 Å². The molecule has 0 aliphatic heterocycles. The lowest BCUT2D eigenvalue weighted by atomic mass is 9.83. The number of hydrogen-bond acceptors (Lipinski definition) is 8. The Morgan fingerprint density at radius 1 is 0.708 bits per heavy atom. The highest BCUT2D eigenvalue weighted by atomic mass is 16.5. The number of carbonyl (C=O) groups excluding carboxylic acids is 6. The van der Waals surface area contributed by atoms with Gasteiger partial charge in [-0.1, -0.05) is 51.1 Å². The van der Waals surface area contributed by atoms with Crippen molar-refractivity contribution in [2.45, 2.75) is 58.8 Å². The lowest BCUT2D eigenvalue weighted by Gasteiger charge is -2.18. The van der Waals surface area contributed by atoms with Gasteiger partial charge in [0.05, 0.1) is 6.61 Å². The van der Waals surface area contributed by atoms with Gasteiger partial charge in [-0.15, -0.1) is 0 Å². The number of ether oxygens (including phenoxy) is 1. The van der Waals surface area contributed by atoms with Crippen molar-refractivity contribution in [3.05, 3.63) is 112 Å². The number of Topliss-reactive ketones (excluding diaryl/α,β-unsaturated/α-hetero) is 2. The van der Waals surface area contributed by atoms with E-state index in [1.165, 1.54) is 24.3 Å². The Morgan fingerprint density at radius 3 is 1.90 bits per heavy atom. The van der Waals surface area contributed by atoms with Crippen molar-refractivity contribution in [3.63, 3.8) is 0 Å². The molecule has 0 bridgehead atoms. The van der Waals surface area contributed by atoms with E-state index in [2.05, 4.69) is 30.6 Å². The molecule has 4 rings (SSSR count). The van der Waals surface area contributed by atoms with E-state index < -0.39 is 11.9 Å². The van der Waals surface area contributed by atoms with Crippen LogP contribution in [0, 0.1) is 0 Å². The molecule has 1 aliphatic carbocycles. The van der Waals surface area contributed by atoms with Gasteiger partial charge in [0.15, 0.2) is 23.1 Å². The number of unbranched alkanes of at least 4 members (excludes halogenated alkanes) is 3. The van der Waals surface area contributed by atoms with E-state index in [1.807, 2.05) is 0 Å². The molecule has 9 nitrogen and oxygen atoms in total. The number of benzene rings is 3. The Balaban J connectivity index is 1.50. The minimum Gasteiger partial charge on any atom is -0.463 e. The number of nitrogens with one attached hydrogen (secondary N) is 1. The minimum absolute atomic E-state index is 0.129. The van der Waals surface area contributed by atoms with Gasteiger partial charge in [0.25, 0.3) is 5.91 Å². The summed E-state index contributed by atoms with van der Waals surface area (Å²) < 4.78 is 4.98. The van der Waals surface area contributed by atoms with Crippen LogP contribution in [0.1, 0.15) is 122 Å². The number of hydrogen-bond donors (Lipinski definition) is 1. The molecule has 250 valence electrons. The van der Waals surface area contributed by atoms with Gasteiger partial charge in [0, 0.05) is 63.5 Å². The number of anilines is 1. The average molecular weight is 651 g/mol. The molecule has 0 heterocycles. The van der Waals surface area contributed by atoms with E-state index in [4.69, 9.17) is 4.74 Å². The quantitative estimate of drug-likeness (QED) is 0.0535. The Bertz CT molecular complexity index is 1720. The van der Waals surface area contributed by atoms with E-state index in [1.54, 1.807) is 36.4 Å². The third-order valence-electron chi connectivity index (χ3n) is 8.50. The molecule has 0 aromatic heterocycles. The second kappa shape index (κ2) is 17.2. The Hall–Kier alpha value is -5.02. The maximum atomic E-state index is 13.4. The van der Waals surface area contributed by atoms with Crippen LogP contribution in [0.25, 0.3) is 0 Å². The lowest BCUT2D eigenvalue weighted by Crippen LogP contribution is -2.23. The van der Waals surface area contributed by atoms with Gasteiger partial charge < -0.3 is 15.0 Å². The zero-order valence-electron chi connectivity index (χ0n) is 27.6. The second-order valence-electron chi connectivity index (χ2n) is 11.7. The van der Waals surface area contributed by atoms with Crippen molar-refractivity contribution in [2.75, 3.05) is 31.6 Å². The highest BCUT2D eigenvalue weighted by Gasteiger charge is 2.30. The summed E-state index contributed by atoms with van der Waals surface area (Å²) >= 11 is 0. The topological polar surface area (TPSA) is 127 Å². The van der Waals surface area contributed by atoms with E-state index in [0.29, 0.717) is 36.8 Å². The van der Waals surface area contributed by atoms with E-state index in [9.17, 15) is 28.8 Å². The molecule has 0 saturated carbocycles. The van der Waals surface area contributed by atoms with Crippen LogP contribution in [0.15, 0.2) is 73.3 Å². The van der Waals surface area contributed by atoms with Gasteiger partial charge in [-0.3, -0.25) is 24.0 Å². The van der Waals surface area contributed by atoms with Crippen LogP contribution in [-0.2, 0) is 9.53 Å². The standard InChI is InChI=1S/C39H42N2O7/c1-4-36(44)48-21-13-11-17-35(43)28-22-27(34(42)16-8-7-12-20-41(5-2)6-3)23-29(24-28)40-39(47)26-18-19-32-33(25-26)38(46)31-15-10-9-14-30(31)37(32)45/h4,9-10,14-15,18-19,22-25H,1,5-8,11-13,16-17,20-21H2,2-3H3,(H,40,47). The zero-order valence-corrected chi connectivity index (χ0v) is 27.6. The molecule has 9 heteroatoms. The van der Waals surface area contributed by atoms with Crippen molar-refractivity contribution in [2.24, 2.45) is 0 Å². The number of amides is 1. The normalized spacial score (nSPS) is 11.9. The third-order valence-corrected chi connectivity index (χ3v) is 8.50. The van der Waals surface area contributed by atoms with E-state index in [-0.39, 0.29) is 69.7 Å². The fraction of sp³-hybridized carbons (Fsp3) is 0.333. The Kier molecular flexibility index (Phi) is 12.9. The predicted molar refractivity (Wildman–Crippen MR) is 184 cm³/mol. The molecule has 0 fully saturated rings. The Morgan fingerprint density at radius 2 is 1.29 bits per heavy atom. The molecule has 3 aromatic carbocycles. The largest absolute Gasteiger partial charge is 0.463 e. The SMILES string of the molecule is C=CC(=O)OCCCCC(=O)c1cc(NC(=O)c2ccc3c(c2)C(=O)c2ccccc2C3=O)cc(C(=O)CCCCCN(CC)CC)c1. The van der Waals surface area contributed by atoms with Crippen LogP contribution >= 0.6 is 0 Å². The second-order valence-corrected chi connectivity index (χ2v) is 11.7. The number of fused-ring (bicyclic) bond motifs is 2. The smallest absolute Gasteiger partial charge is 0.330 e. The molecular formula is C39H42N2O7. The molecule has 0 unspecified atom stereocenters. The maximum Gasteiger partial charge on any atom is 0.330 e. The fourth-order valence-electron chi connectivity index (χ4n) is 5.71. The number of carbonyl (C=O) groups is 6. The first-order valence-corrected chi connectivity index (χ1v) is 16.5. The van der Waals surface area contributed by atoms with Gasteiger partial charge in [-0.05, 0) is 81.7 Å².